The molecular formula is C40H35Cl3N2O5S. The Kier molecular flexibility index (Phi) is 11.7. The zero-order valence-electron chi connectivity index (χ0n) is 27.7. The van der Waals surface area contributed by atoms with E-state index in [-0.39, 0.29) is 18.3 Å². The van der Waals surface area contributed by atoms with E-state index in [1.54, 1.807) is 42.5 Å². The van der Waals surface area contributed by atoms with Gasteiger partial charge in [-0.3, -0.25) is 0 Å². The Morgan fingerprint density at radius 1 is 0.784 bits per heavy atom. The largest absolute Gasteiger partial charge is 0.493 e. The first-order valence-corrected chi connectivity index (χ1v) is 19.1. The van der Waals surface area contributed by atoms with Gasteiger partial charge in [-0.1, -0.05) is 108 Å². The average Bonchev–Trinajstić information content (AvgIpc) is 3.42. The monoisotopic (exact) mass is 760 g/mol. The maximum Gasteiger partial charge on any atom is 0.337 e. The highest BCUT2D eigenvalue weighted by atomic mass is 35.5. The predicted octanol–water partition coefficient (Wildman–Crippen LogP) is 9.31. The number of aromatic nitrogens is 1. The van der Waals surface area contributed by atoms with Gasteiger partial charge in [0.25, 0.3) is 0 Å². The quantitative estimate of drug-likeness (QED) is 0.112. The summed E-state index contributed by atoms with van der Waals surface area (Å²) in [5, 5.41) is 2.24. The van der Waals surface area contributed by atoms with Gasteiger partial charge in [-0.15, -0.1) is 0 Å². The molecule has 0 atom stereocenters. The Morgan fingerprint density at radius 2 is 1.45 bits per heavy atom. The highest BCUT2D eigenvalue weighted by Gasteiger charge is 2.26. The van der Waals surface area contributed by atoms with E-state index in [1.165, 1.54) is 7.11 Å². The van der Waals surface area contributed by atoms with Crippen LogP contribution in [0.4, 0.5) is 0 Å². The SMILES string of the molecule is COC(=O)c1ccc(OCCc2c(CCNS(=O)(=O)Cc3ccc(Cl)c(Cl)c3)n(C(c3ccccc3)c3ccccc3)c3cc(Cl)ccc23)cc1. The van der Waals surface area contributed by atoms with Crippen LogP contribution in [-0.4, -0.2) is 39.2 Å². The Balaban J connectivity index is 1.38. The van der Waals surface area contributed by atoms with E-state index in [0.717, 1.165) is 33.3 Å². The van der Waals surface area contributed by atoms with Crippen LogP contribution in [0.25, 0.3) is 10.9 Å². The number of fused-ring (bicyclic) bond motifs is 1. The van der Waals surface area contributed by atoms with Crippen molar-refractivity contribution >= 4 is 61.7 Å². The van der Waals surface area contributed by atoms with Crippen molar-refractivity contribution in [2.75, 3.05) is 20.3 Å². The number of halogens is 3. The molecule has 1 heterocycles. The summed E-state index contributed by atoms with van der Waals surface area (Å²) in [5.41, 5.74) is 5.99. The van der Waals surface area contributed by atoms with Crippen molar-refractivity contribution in [1.29, 1.82) is 0 Å². The van der Waals surface area contributed by atoms with Crippen LogP contribution >= 0.6 is 34.8 Å². The fourth-order valence-corrected chi connectivity index (χ4v) is 7.93. The van der Waals surface area contributed by atoms with Crippen molar-refractivity contribution in [2.45, 2.75) is 24.6 Å². The van der Waals surface area contributed by atoms with E-state index in [0.29, 0.717) is 51.4 Å². The van der Waals surface area contributed by atoms with Crippen LogP contribution in [0.5, 0.6) is 5.75 Å². The van der Waals surface area contributed by atoms with E-state index in [1.807, 2.05) is 54.6 Å². The van der Waals surface area contributed by atoms with Crippen molar-refractivity contribution in [1.82, 2.24) is 9.29 Å². The molecule has 6 rings (SSSR count). The molecule has 0 saturated carbocycles. The summed E-state index contributed by atoms with van der Waals surface area (Å²) in [6.07, 6.45) is 0.901. The van der Waals surface area contributed by atoms with Crippen molar-refractivity contribution in [3.8, 4) is 5.75 Å². The van der Waals surface area contributed by atoms with Gasteiger partial charge in [-0.05, 0) is 70.8 Å². The fourth-order valence-electron chi connectivity index (χ4n) is 6.31. The van der Waals surface area contributed by atoms with Gasteiger partial charge in [0, 0.05) is 35.5 Å². The molecule has 262 valence electrons. The highest BCUT2D eigenvalue weighted by Crippen LogP contribution is 2.38. The van der Waals surface area contributed by atoms with E-state index in [2.05, 4.69) is 33.6 Å². The lowest BCUT2D eigenvalue weighted by Crippen LogP contribution is -2.28. The molecule has 0 bridgehead atoms. The maximum atomic E-state index is 13.3. The summed E-state index contributed by atoms with van der Waals surface area (Å²) in [7, 11) is -2.38. The molecule has 0 unspecified atom stereocenters. The van der Waals surface area contributed by atoms with E-state index in [9.17, 15) is 13.2 Å². The first-order chi connectivity index (χ1) is 24.6. The number of nitrogens with zero attached hydrogens (tertiary/aromatic N) is 1. The number of carbonyl (C=O) groups is 1. The lowest BCUT2D eigenvalue weighted by molar-refractivity contribution is 0.0600. The van der Waals surface area contributed by atoms with Gasteiger partial charge in [0.1, 0.15) is 5.75 Å². The van der Waals surface area contributed by atoms with E-state index in [4.69, 9.17) is 44.3 Å². The van der Waals surface area contributed by atoms with Crippen molar-refractivity contribution in [2.24, 2.45) is 0 Å². The summed E-state index contributed by atoms with van der Waals surface area (Å²) in [5.74, 6) is -0.0525. The minimum Gasteiger partial charge on any atom is -0.493 e. The van der Waals surface area contributed by atoms with Gasteiger partial charge in [0.05, 0.1) is 46.6 Å². The second-order valence-electron chi connectivity index (χ2n) is 11.9. The molecule has 11 heteroatoms. The highest BCUT2D eigenvalue weighted by molar-refractivity contribution is 7.88. The normalized spacial score (nSPS) is 11.6. The van der Waals surface area contributed by atoms with Gasteiger partial charge in [-0.25, -0.2) is 17.9 Å². The number of sulfonamides is 1. The number of benzene rings is 5. The van der Waals surface area contributed by atoms with Gasteiger partial charge in [0.2, 0.25) is 10.0 Å². The lowest BCUT2D eigenvalue weighted by Gasteiger charge is -2.25. The minimum absolute atomic E-state index is 0.146. The Bertz CT molecular complexity index is 2200. The Hall–Kier alpha value is -4.31. The third kappa shape index (κ3) is 8.78. The molecule has 0 aliphatic carbocycles. The molecule has 0 aliphatic rings. The topological polar surface area (TPSA) is 86.6 Å². The summed E-state index contributed by atoms with van der Waals surface area (Å²) >= 11 is 18.9. The minimum atomic E-state index is -3.73. The summed E-state index contributed by atoms with van der Waals surface area (Å²) < 4.78 is 42.7. The number of rotatable bonds is 14. The number of nitrogens with one attached hydrogen (secondary N) is 1. The van der Waals surface area contributed by atoms with Crippen LogP contribution in [0.15, 0.2) is 121 Å². The first kappa shape index (κ1) is 36.5. The lowest BCUT2D eigenvalue weighted by atomic mass is 9.97. The Labute approximate surface area is 312 Å². The first-order valence-electron chi connectivity index (χ1n) is 16.3. The summed E-state index contributed by atoms with van der Waals surface area (Å²) in [6, 6.07) is 37.6. The average molecular weight is 762 g/mol. The fraction of sp³-hybridized carbons (Fsp3) is 0.175. The second kappa shape index (κ2) is 16.4. The van der Waals surface area contributed by atoms with Crippen LogP contribution in [-0.2, 0) is 33.4 Å². The molecular weight excluding hydrogens is 727 g/mol. The number of carbonyl (C=O) groups excluding carboxylic acids is 1. The van der Waals surface area contributed by atoms with Crippen LogP contribution < -0.4 is 9.46 Å². The maximum absolute atomic E-state index is 13.3. The van der Waals surface area contributed by atoms with Crippen molar-refractivity contribution in [3.05, 3.63) is 170 Å². The molecule has 0 saturated heterocycles. The van der Waals surface area contributed by atoms with Crippen LogP contribution in [0.1, 0.15) is 44.3 Å². The number of hydrogen-bond acceptors (Lipinski definition) is 5. The molecule has 5 aromatic carbocycles. The van der Waals surface area contributed by atoms with E-state index >= 15 is 0 Å². The van der Waals surface area contributed by atoms with Gasteiger partial charge in [-0.2, -0.15) is 0 Å². The molecule has 0 amide bonds. The third-order valence-electron chi connectivity index (χ3n) is 8.59. The number of ether oxygens (including phenoxy) is 2. The van der Waals surface area contributed by atoms with Gasteiger partial charge in [0.15, 0.2) is 0 Å². The van der Waals surface area contributed by atoms with E-state index < -0.39 is 16.0 Å². The zero-order valence-corrected chi connectivity index (χ0v) is 30.8. The van der Waals surface area contributed by atoms with Crippen molar-refractivity contribution < 1.29 is 22.7 Å². The molecule has 7 nitrogen and oxygen atoms in total. The molecule has 1 N–H and O–H groups in total. The van der Waals surface area contributed by atoms with Gasteiger partial charge >= 0.3 is 5.97 Å². The molecule has 0 aliphatic heterocycles. The van der Waals surface area contributed by atoms with Gasteiger partial charge < -0.3 is 14.0 Å². The molecule has 1 aromatic heterocycles. The van der Waals surface area contributed by atoms with Crippen LogP contribution in [0.2, 0.25) is 15.1 Å². The number of methoxy groups -OCH3 is 1. The smallest absolute Gasteiger partial charge is 0.337 e. The Morgan fingerprint density at radius 3 is 2.08 bits per heavy atom. The van der Waals surface area contributed by atoms with Crippen LogP contribution in [0, 0.1) is 0 Å². The zero-order chi connectivity index (χ0) is 36.0. The molecule has 51 heavy (non-hydrogen) atoms. The summed E-state index contributed by atoms with van der Waals surface area (Å²) in [6.45, 7) is 0.476. The molecule has 6 aromatic rings. The summed E-state index contributed by atoms with van der Waals surface area (Å²) in [4.78, 5) is 11.9. The number of hydrogen-bond donors (Lipinski definition) is 1. The molecule has 0 radical (unpaired) electrons. The van der Waals surface area contributed by atoms with Crippen LogP contribution in [0.3, 0.4) is 0 Å². The number of esters is 1. The second-order valence-corrected chi connectivity index (χ2v) is 15.0. The molecule has 0 fully saturated rings. The third-order valence-corrected chi connectivity index (χ3v) is 10.9. The standard InChI is InChI=1S/C40H35Cl3N2O5S/c1-49-40(46)30-13-16-32(17-14-30)50-23-21-34-33-18-15-31(41)25-38(33)45(39(28-8-4-2-5-9-28)29-10-6-3-7-11-29)37(34)20-22-44-51(47,48)26-27-12-19-35(42)36(43)24-27/h2-19,24-25,39,44H,20-23,26H2,1H3. The molecule has 0 spiro atoms. The van der Waals surface area contributed by atoms with Crippen molar-refractivity contribution in [3.63, 3.8) is 0 Å². The predicted molar refractivity (Wildman–Crippen MR) is 205 cm³/mol.